The lowest BCUT2D eigenvalue weighted by atomic mass is 10.2. The minimum atomic E-state index is -0.866. The molecule has 0 bridgehead atoms. The zero-order valence-corrected chi connectivity index (χ0v) is 13.1. The molecule has 1 aromatic rings. The number of esters is 1. The first-order valence-electron chi connectivity index (χ1n) is 6.99. The van der Waals surface area contributed by atoms with E-state index in [4.69, 9.17) is 22.1 Å². The standard InChI is InChI=1S/C15H21ClN2O3/c1-3-4-5-8-18-14(19)10(2)21-15(20)12-7-6-11(16)9-13(12)17/h6-7,9-10H,3-5,8,17H2,1-2H3,(H,18,19). The number of nitrogen functional groups attached to an aromatic ring is 1. The third-order valence-corrected chi connectivity index (χ3v) is 3.20. The van der Waals surface area contributed by atoms with Crippen molar-refractivity contribution in [3.63, 3.8) is 0 Å². The van der Waals surface area contributed by atoms with Crippen LogP contribution in [0.15, 0.2) is 18.2 Å². The van der Waals surface area contributed by atoms with Gasteiger partial charge in [-0.15, -0.1) is 0 Å². The molecular formula is C15H21ClN2O3. The van der Waals surface area contributed by atoms with E-state index >= 15 is 0 Å². The molecule has 0 aliphatic carbocycles. The number of ether oxygens (including phenoxy) is 1. The maximum Gasteiger partial charge on any atom is 0.341 e. The first-order chi connectivity index (χ1) is 9.95. The number of hydrogen-bond donors (Lipinski definition) is 2. The Morgan fingerprint density at radius 2 is 2.10 bits per heavy atom. The second-order valence-electron chi connectivity index (χ2n) is 4.78. The van der Waals surface area contributed by atoms with Gasteiger partial charge in [0.1, 0.15) is 0 Å². The lowest BCUT2D eigenvalue weighted by molar-refractivity contribution is -0.129. The van der Waals surface area contributed by atoms with Crippen LogP contribution in [-0.2, 0) is 9.53 Å². The molecule has 1 rings (SSSR count). The number of nitrogens with two attached hydrogens (primary N) is 1. The molecule has 3 N–H and O–H groups in total. The Balaban J connectivity index is 2.51. The average Bonchev–Trinajstić information content (AvgIpc) is 2.43. The molecule has 116 valence electrons. The molecule has 0 saturated carbocycles. The summed E-state index contributed by atoms with van der Waals surface area (Å²) in [5.41, 5.74) is 6.13. The molecule has 5 nitrogen and oxygen atoms in total. The molecule has 0 aliphatic heterocycles. The van der Waals surface area contributed by atoms with Crippen LogP contribution in [0.1, 0.15) is 43.5 Å². The van der Waals surface area contributed by atoms with E-state index in [-0.39, 0.29) is 17.2 Å². The van der Waals surface area contributed by atoms with Crippen LogP contribution in [0.2, 0.25) is 5.02 Å². The highest BCUT2D eigenvalue weighted by Crippen LogP contribution is 2.19. The minimum absolute atomic E-state index is 0.199. The molecule has 0 aromatic heterocycles. The van der Waals surface area contributed by atoms with E-state index in [9.17, 15) is 9.59 Å². The lowest BCUT2D eigenvalue weighted by Crippen LogP contribution is -2.36. The largest absolute Gasteiger partial charge is 0.449 e. The van der Waals surface area contributed by atoms with Gasteiger partial charge in [0.25, 0.3) is 5.91 Å². The van der Waals surface area contributed by atoms with E-state index in [0.717, 1.165) is 19.3 Å². The fourth-order valence-electron chi connectivity index (χ4n) is 1.73. The van der Waals surface area contributed by atoms with Gasteiger partial charge in [0.15, 0.2) is 6.10 Å². The van der Waals surface area contributed by atoms with Gasteiger partial charge in [-0.05, 0) is 31.5 Å². The number of halogens is 1. The van der Waals surface area contributed by atoms with Gasteiger partial charge >= 0.3 is 5.97 Å². The van der Waals surface area contributed by atoms with Crippen LogP contribution in [0.4, 0.5) is 5.69 Å². The highest BCUT2D eigenvalue weighted by atomic mass is 35.5. The van der Waals surface area contributed by atoms with Crippen molar-refractivity contribution in [3.8, 4) is 0 Å². The molecule has 1 amide bonds. The van der Waals surface area contributed by atoms with E-state index in [1.54, 1.807) is 6.07 Å². The average molecular weight is 313 g/mol. The van der Waals surface area contributed by atoms with Gasteiger partial charge in [0, 0.05) is 17.3 Å². The van der Waals surface area contributed by atoms with E-state index < -0.39 is 12.1 Å². The molecule has 0 aliphatic rings. The Labute approximate surface area is 129 Å². The Morgan fingerprint density at radius 3 is 2.71 bits per heavy atom. The summed E-state index contributed by atoms with van der Waals surface area (Å²) < 4.78 is 5.10. The first-order valence-corrected chi connectivity index (χ1v) is 7.37. The van der Waals surface area contributed by atoms with Crippen LogP contribution in [-0.4, -0.2) is 24.5 Å². The van der Waals surface area contributed by atoms with Crippen molar-refractivity contribution in [1.29, 1.82) is 0 Å². The van der Waals surface area contributed by atoms with Crippen molar-refractivity contribution in [2.45, 2.75) is 39.2 Å². The lowest BCUT2D eigenvalue weighted by Gasteiger charge is -2.14. The Morgan fingerprint density at radius 1 is 1.38 bits per heavy atom. The summed E-state index contributed by atoms with van der Waals surface area (Å²) in [6.45, 7) is 4.19. The fourth-order valence-corrected chi connectivity index (χ4v) is 1.91. The Bertz CT molecular complexity index is 506. The van der Waals surface area contributed by atoms with Crippen LogP contribution in [0, 0.1) is 0 Å². The molecule has 0 radical (unpaired) electrons. The number of nitrogens with one attached hydrogen (secondary N) is 1. The Kier molecular flexibility index (Phi) is 7.02. The monoisotopic (exact) mass is 312 g/mol. The van der Waals surface area contributed by atoms with Crippen molar-refractivity contribution < 1.29 is 14.3 Å². The van der Waals surface area contributed by atoms with Gasteiger partial charge in [-0.25, -0.2) is 4.79 Å². The third kappa shape index (κ3) is 5.63. The van der Waals surface area contributed by atoms with Gasteiger partial charge in [-0.1, -0.05) is 31.4 Å². The number of carbonyl (C=O) groups is 2. The molecule has 1 atom stereocenters. The summed E-state index contributed by atoms with van der Waals surface area (Å²) in [7, 11) is 0. The third-order valence-electron chi connectivity index (χ3n) is 2.97. The minimum Gasteiger partial charge on any atom is -0.449 e. The summed E-state index contributed by atoms with van der Waals surface area (Å²) in [6.07, 6.45) is 2.17. The summed E-state index contributed by atoms with van der Waals surface area (Å²) >= 11 is 5.76. The summed E-state index contributed by atoms with van der Waals surface area (Å²) in [5, 5.41) is 3.17. The van der Waals surface area contributed by atoms with Crippen molar-refractivity contribution in [2.24, 2.45) is 0 Å². The summed E-state index contributed by atoms with van der Waals surface area (Å²) in [5.74, 6) is -0.952. The van der Waals surface area contributed by atoms with Crippen LogP contribution in [0.3, 0.4) is 0 Å². The predicted octanol–water partition coefficient (Wildman–Crippen LogP) is 2.77. The number of rotatable bonds is 7. The highest BCUT2D eigenvalue weighted by Gasteiger charge is 2.20. The quantitative estimate of drug-likeness (QED) is 0.461. The summed E-state index contributed by atoms with van der Waals surface area (Å²) in [6, 6.07) is 4.49. The van der Waals surface area contributed by atoms with Crippen LogP contribution < -0.4 is 11.1 Å². The maximum atomic E-state index is 11.9. The van der Waals surface area contributed by atoms with Crippen LogP contribution in [0.5, 0.6) is 0 Å². The van der Waals surface area contributed by atoms with Crippen molar-refractivity contribution in [3.05, 3.63) is 28.8 Å². The zero-order valence-electron chi connectivity index (χ0n) is 12.3. The van der Waals surface area contributed by atoms with E-state index in [0.29, 0.717) is 11.6 Å². The molecule has 21 heavy (non-hydrogen) atoms. The number of hydrogen-bond acceptors (Lipinski definition) is 4. The van der Waals surface area contributed by atoms with Crippen molar-refractivity contribution in [1.82, 2.24) is 5.32 Å². The fraction of sp³-hybridized carbons (Fsp3) is 0.467. The SMILES string of the molecule is CCCCCNC(=O)C(C)OC(=O)c1ccc(Cl)cc1N. The van der Waals surface area contributed by atoms with Crippen LogP contribution >= 0.6 is 11.6 Å². The molecule has 1 unspecified atom stereocenters. The number of anilines is 1. The number of carbonyl (C=O) groups excluding carboxylic acids is 2. The first kappa shape index (κ1) is 17.3. The van der Waals surface area contributed by atoms with E-state index in [1.807, 2.05) is 0 Å². The second kappa shape index (κ2) is 8.52. The number of benzene rings is 1. The maximum absolute atomic E-state index is 11.9. The molecule has 0 saturated heterocycles. The molecule has 0 spiro atoms. The van der Waals surface area contributed by atoms with Gasteiger partial charge in [0.2, 0.25) is 0 Å². The number of unbranched alkanes of at least 4 members (excludes halogenated alkanes) is 2. The van der Waals surface area contributed by atoms with E-state index in [1.165, 1.54) is 19.1 Å². The van der Waals surface area contributed by atoms with E-state index in [2.05, 4.69) is 12.2 Å². The van der Waals surface area contributed by atoms with Gasteiger partial charge in [-0.2, -0.15) is 0 Å². The molecule has 0 fully saturated rings. The van der Waals surface area contributed by atoms with Crippen molar-refractivity contribution in [2.75, 3.05) is 12.3 Å². The molecule has 1 aromatic carbocycles. The zero-order chi connectivity index (χ0) is 15.8. The van der Waals surface area contributed by atoms with Gasteiger partial charge < -0.3 is 15.8 Å². The van der Waals surface area contributed by atoms with Crippen LogP contribution in [0.25, 0.3) is 0 Å². The number of amides is 1. The van der Waals surface area contributed by atoms with Gasteiger partial charge in [0.05, 0.1) is 5.56 Å². The predicted molar refractivity (Wildman–Crippen MR) is 83.3 cm³/mol. The Hall–Kier alpha value is -1.75. The second-order valence-corrected chi connectivity index (χ2v) is 5.21. The topological polar surface area (TPSA) is 81.4 Å². The normalized spacial score (nSPS) is 11.8. The molecular weight excluding hydrogens is 292 g/mol. The van der Waals surface area contributed by atoms with Gasteiger partial charge in [-0.3, -0.25) is 4.79 Å². The smallest absolute Gasteiger partial charge is 0.341 e. The highest BCUT2D eigenvalue weighted by molar-refractivity contribution is 6.31. The molecule has 0 heterocycles. The molecule has 6 heteroatoms. The van der Waals surface area contributed by atoms with Crippen molar-refractivity contribution >= 4 is 29.2 Å². The summed E-state index contributed by atoms with van der Waals surface area (Å²) in [4.78, 5) is 23.7.